The van der Waals surface area contributed by atoms with Gasteiger partial charge in [0.2, 0.25) is 0 Å². The minimum Gasteiger partial charge on any atom is -0.0716 e. The summed E-state index contributed by atoms with van der Waals surface area (Å²) >= 11 is 3.62. The maximum Gasteiger partial charge on any atom is 0.0253 e. The molecule has 0 saturated heterocycles. The van der Waals surface area contributed by atoms with Gasteiger partial charge < -0.3 is 0 Å². The second-order valence-corrected chi connectivity index (χ2v) is 4.81. The van der Waals surface area contributed by atoms with E-state index in [1.165, 1.54) is 22.3 Å². The zero-order valence-electron chi connectivity index (χ0n) is 8.78. The van der Waals surface area contributed by atoms with Gasteiger partial charge >= 0.3 is 0 Å². The Bertz CT molecular complexity index is 567. The van der Waals surface area contributed by atoms with Crippen LogP contribution in [0.5, 0.6) is 0 Å². The van der Waals surface area contributed by atoms with Crippen molar-refractivity contribution >= 4 is 21.5 Å². The molecule has 0 spiro atoms. The molecule has 0 unspecified atom stereocenters. The molecule has 0 fully saturated rings. The summed E-state index contributed by atoms with van der Waals surface area (Å²) in [5.41, 5.74) is 5.43. The SMILES string of the molecule is Brc1ccccc1C1=CCc2ccccc21. The zero-order valence-corrected chi connectivity index (χ0v) is 10.4. The first-order valence-corrected chi connectivity index (χ1v) is 6.19. The van der Waals surface area contributed by atoms with Gasteiger partial charge in [0.1, 0.15) is 0 Å². The molecule has 0 nitrogen and oxygen atoms in total. The summed E-state index contributed by atoms with van der Waals surface area (Å²) in [6.45, 7) is 0. The predicted octanol–water partition coefficient (Wildman–Crippen LogP) is 4.44. The van der Waals surface area contributed by atoms with E-state index in [-0.39, 0.29) is 0 Å². The van der Waals surface area contributed by atoms with Crippen molar-refractivity contribution in [3.05, 3.63) is 75.8 Å². The lowest BCUT2D eigenvalue weighted by Gasteiger charge is -2.07. The standard InChI is InChI=1S/C15H11Br/c16-15-8-4-3-7-14(15)13-10-9-11-5-1-2-6-12(11)13/h1-8,10H,9H2. The number of halogens is 1. The van der Waals surface area contributed by atoms with Gasteiger partial charge in [-0.15, -0.1) is 0 Å². The minimum absolute atomic E-state index is 1.05. The first-order chi connectivity index (χ1) is 7.86. The molecule has 2 aromatic rings. The Labute approximate surface area is 104 Å². The van der Waals surface area contributed by atoms with E-state index in [4.69, 9.17) is 0 Å². The fraction of sp³-hybridized carbons (Fsp3) is 0.0667. The molecule has 2 aromatic carbocycles. The molecule has 0 amide bonds. The lowest BCUT2D eigenvalue weighted by Crippen LogP contribution is -1.87. The second kappa shape index (κ2) is 3.91. The monoisotopic (exact) mass is 270 g/mol. The Morgan fingerprint density at radius 2 is 1.50 bits per heavy atom. The summed E-state index contributed by atoms with van der Waals surface area (Å²) in [4.78, 5) is 0. The van der Waals surface area contributed by atoms with Gasteiger partial charge in [-0.3, -0.25) is 0 Å². The summed E-state index contributed by atoms with van der Waals surface area (Å²) in [7, 11) is 0. The van der Waals surface area contributed by atoms with E-state index < -0.39 is 0 Å². The van der Waals surface area contributed by atoms with Crippen molar-refractivity contribution in [2.45, 2.75) is 6.42 Å². The molecule has 0 radical (unpaired) electrons. The number of rotatable bonds is 1. The fourth-order valence-corrected chi connectivity index (χ4v) is 2.72. The summed E-state index contributed by atoms with van der Waals surface area (Å²) in [6, 6.07) is 17.0. The quantitative estimate of drug-likeness (QED) is 0.719. The number of hydrogen-bond acceptors (Lipinski definition) is 0. The van der Waals surface area contributed by atoms with Gasteiger partial charge in [0, 0.05) is 4.47 Å². The van der Waals surface area contributed by atoms with Crippen LogP contribution in [-0.2, 0) is 6.42 Å². The molecule has 0 N–H and O–H groups in total. The van der Waals surface area contributed by atoms with E-state index in [0.29, 0.717) is 0 Å². The third-order valence-electron chi connectivity index (χ3n) is 3.00. The van der Waals surface area contributed by atoms with Crippen LogP contribution in [0.1, 0.15) is 16.7 Å². The maximum atomic E-state index is 3.62. The van der Waals surface area contributed by atoms with Crippen LogP contribution in [0, 0.1) is 0 Å². The normalized spacial score (nSPS) is 13.4. The number of benzene rings is 2. The molecule has 3 rings (SSSR count). The highest BCUT2D eigenvalue weighted by Crippen LogP contribution is 2.35. The highest BCUT2D eigenvalue weighted by Gasteiger charge is 2.15. The average Bonchev–Trinajstić information content (AvgIpc) is 2.74. The van der Waals surface area contributed by atoms with Gasteiger partial charge in [0.15, 0.2) is 0 Å². The van der Waals surface area contributed by atoms with Crippen molar-refractivity contribution < 1.29 is 0 Å². The van der Waals surface area contributed by atoms with E-state index in [1.807, 2.05) is 0 Å². The lowest BCUT2D eigenvalue weighted by atomic mass is 9.99. The molecule has 0 aliphatic heterocycles. The van der Waals surface area contributed by atoms with E-state index in [1.54, 1.807) is 0 Å². The summed E-state index contributed by atoms with van der Waals surface area (Å²) < 4.78 is 1.16. The van der Waals surface area contributed by atoms with Crippen LogP contribution < -0.4 is 0 Å². The highest BCUT2D eigenvalue weighted by atomic mass is 79.9. The Kier molecular flexibility index (Phi) is 2.41. The number of fused-ring (bicyclic) bond motifs is 1. The van der Waals surface area contributed by atoms with Crippen LogP contribution in [0.3, 0.4) is 0 Å². The molecule has 0 aromatic heterocycles. The molecule has 0 heterocycles. The van der Waals surface area contributed by atoms with Crippen LogP contribution in [0.15, 0.2) is 59.1 Å². The molecular weight excluding hydrogens is 260 g/mol. The van der Waals surface area contributed by atoms with E-state index in [0.717, 1.165) is 10.9 Å². The van der Waals surface area contributed by atoms with Crippen molar-refractivity contribution in [1.82, 2.24) is 0 Å². The van der Waals surface area contributed by atoms with Crippen LogP contribution in [0.25, 0.3) is 5.57 Å². The first-order valence-electron chi connectivity index (χ1n) is 5.39. The topological polar surface area (TPSA) is 0 Å². The van der Waals surface area contributed by atoms with Crippen LogP contribution in [0.2, 0.25) is 0 Å². The van der Waals surface area contributed by atoms with Crippen molar-refractivity contribution in [2.24, 2.45) is 0 Å². The van der Waals surface area contributed by atoms with Gasteiger partial charge in [-0.25, -0.2) is 0 Å². The fourth-order valence-electron chi connectivity index (χ4n) is 2.22. The van der Waals surface area contributed by atoms with E-state index in [9.17, 15) is 0 Å². The maximum absolute atomic E-state index is 3.62. The molecule has 16 heavy (non-hydrogen) atoms. The van der Waals surface area contributed by atoms with Crippen LogP contribution in [-0.4, -0.2) is 0 Å². The molecule has 0 bridgehead atoms. The van der Waals surface area contributed by atoms with Gasteiger partial charge in [0.25, 0.3) is 0 Å². The van der Waals surface area contributed by atoms with E-state index in [2.05, 4.69) is 70.5 Å². The number of allylic oxidation sites excluding steroid dienone is 1. The average molecular weight is 271 g/mol. The van der Waals surface area contributed by atoms with Gasteiger partial charge in [-0.1, -0.05) is 64.5 Å². The molecule has 0 atom stereocenters. The Balaban J connectivity index is 2.15. The van der Waals surface area contributed by atoms with Gasteiger partial charge in [-0.05, 0) is 34.8 Å². The molecule has 1 heteroatoms. The Morgan fingerprint density at radius 3 is 2.31 bits per heavy atom. The summed E-state index contributed by atoms with van der Waals surface area (Å²) in [5.74, 6) is 0. The zero-order chi connectivity index (χ0) is 11.0. The predicted molar refractivity (Wildman–Crippen MR) is 71.4 cm³/mol. The van der Waals surface area contributed by atoms with Gasteiger partial charge in [0.05, 0.1) is 0 Å². The summed E-state index contributed by atoms with van der Waals surface area (Å²) in [5, 5.41) is 0. The third-order valence-corrected chi connectivity index (χ3v) is 3.69. The van der Waals surface area contributed by atoms with Crippen molar-refractivity contribution in [3.63, 3.8) is 0 Å². The highest BCUT2D eigenvalue weighted by molar-refractivity contribution is 9.10. The van der Waals surface area contributed by atoms with Crippen molar-refractivity contribution in [3.8, 4) is 0 Å². The largest absolute Gasteiger partial charge is 0.0716 e. The van der Waals surface area contributed by atoms with Crippen LogP contribution in [0.4, 0.5) is 0 Å². The third kappa shape index (κ3) is 1.52. The van der Waals surface area contributed by atoms with Gasteiger partial charge in [-0.2, -0.15) is 0 Å². The summed E-state index contributed by atoms with van der Waals surface area (Å²) in [6.07, 6.45) is 3.36. The Morgan fingerprint density at radius 1 is 0.812 bits per heavy atom. The molecular formula is C15H11Br. The number of hydrogen-bond donors (Lipinski definition) is 0. The molecule has 0 saturated carbocycles. The molecule has 78 valence electrons. The van der Waals surface area contributed by atoms with Crippen molar-refractivity contribution in [1.29, 1.82) is 0 Å². The van der Waals surface area contributed by atoms with E-state index >= 15 is 0 Å². The Hall–Kier alpha value is -1.34. The van der Waals surface area contributed by atoms with Crippen LogP contribution >= 0.6 is 15.9 Å². The second-order valence-electron chi connectivity index (χ2n) is 3.96. The molecule has 1 aliphatic carbocycles. The molecule has 1 aliphatic rings. The first kappa shape index (κ1) is 9.86. The van der Waals surface area contributed by atoms with Crippen molar-refractivity contribution in [2.75, 3.05) is 0 Å². The lowest BCUT2D eigenvalue weighted by molar-refractivity contribution is 1.31. The minimum atomic E-state index is 1.05. The smallest absolute Gasteiger partial charge is 0.0253 e.